The number of ketones is 1. The Morgan fingerprint density at radius 3 is 2.26 bits per heavy atom. The molecule has 2 fully saturated rings. The van der Waals surface area contributed by atoms with Gasteiger partial charge in [-0.3, -0.25) is 24.0 Å². The molecule has 254 valence electrons. The van der Waals surface area contributed by atoms with Crippen molar-refractivity contribution >= 4 is 29.7 Å². The number of ether oxygens (including phenoxy) is 5. The van der Waals surface area contributed by atoms with Crippen LogP contribution in [0.25, 0.3) is 0 Å². The van der Waals surface area contributed by atoms with Crippen molar-refractivity contribution in [2.45, 2.75) is 84.2 Å². The fourth-order valence-electron chi connectivity index (χ4n) is 8.68. The normalized spacial score (nSPS) is 34.7. The van der Waals surface area contributed by atoms with Gasteiger partial charge in [0, 0.05) is 56.3 Å². The van der Waals surface area contributed by atoms with Gasteiger partial charge >= 0.3 is 23.9 Å². The maximum atomic E-state index is 13.5. The zero-order valence-electron chi connectivity index (χ0n) is 27.9. The Morgan fingerprint density at radius 1 is 0.979 bits per heavy atom. The lowest BCUT2D eigenvalue weighted by Crippen LogP contribution is -2.66. The number of carbonyl (C=O) groups is 5. The number of Topliss-reactive ketones (excluding diaryl/α,β-unsaturated/α-hetero) is 1. The average molecular weight is 655 g/mol. The molecule has 1 aromatic carbocycles. The molecule has 2 saturated carbocycles. The summed E-state index contributed by atoms with van der Waals surface area (Å²) in [6.45, 7) is 10.4. The quantitative estimate of drug-likeness (QED) is 0.182. The molecule has 2 N–H and O–H groups in total. The van der Waals surface area contributed by atoms with E-state index in [4.69, 9.17) is 23.7 Å². The molecule has 0 spiro atoms. The second kappa shape index (κ2) is 11.6. The van der Waals surface area contributed by atoms with Crippen LogP contribution in [-0.2, 0) is 44.6 Å². The van der Waals surface area contributed by atoms with Gasteiger partial charge in [0.05, 0.1) is 19.1 Å². The van der Waals surface area contributed by atoms with Crippen LogP contribution in [0.4, 0.5) is 0 Å². The first kappa shape index (κ1) is 34.3. The van der Waals surface area contributed by atoms with Gasteiger partial charge in [-0.2, -0.15) is 0 Å². The number of carbonyl (C=O) groups excluding carboxylic acids is 5. The van der Waals surface area contributed by atoms with E-state index in [0.717, 1.165) is 0 Å². The first-order valence-corrected chi connectivity index (χ1v) is 15.6. The number of hydrogen-bond acceptors (Lipinski definition) is 12. The summed E-state index contributed by atoms with van der Waals surface area (Å²) in [6, 6.07) is 4.66. The zero-order valence-corrected chi connectivity index (χ0v) is 27.9. The van der Waals surface area contributed by atoms with Gasteiger partial charge in [-0.25, -0.2) is 0 Å². The van der Waals surface area contributed by atoms with E-state index < -0.39 is 81.7 Å². The summed E-state index contributed by atoms with van der Waals surface area (Å²) in [5.74, 6) is -5.82. The molecule has 4 aliphatic rings. The molecule has 0 unspecified atom stereocenters. The van der Waals surface area contributed by atoms with E-state index in [1.807, 2.05) is 13.8 Å². The fourth-order valence-corrected chi connectivity index (χ4v) is 8.68. The molecular formula is C35H42O12. The summed E-state index contributed by atoms with van der Waals surface area (Å²) < 4.78 is 27.9. The third kappa shape index (κ3) is 5.25. The van der Waals surface area contributed by atoms with Crippen LogP contribution < -0.4 is 9.47 Å². The van der Waals surface area contributed by atoms with Crippen LogP contribution in [-0.4, -0.2) is 76.5 Å². The fraction of sp³-hybridized carbons (Fsp3) is 0.571. The van der Waals surface area contributed by atoms with Gasteiger partial charge in [0.25, 0.3) is 0 Å². The summed E-state index contributed by atoms with van der Waals surface area (Å²) in [5.41, 5.74) is -4.76. The van der Waals surface area contributed by atoms with Gasteiger partial charge in [-0.1, -0.05) is 39.0 Å². The Hall–Kier alpha value is -4.03. The zero-order chi connectivity index (χ0) is 34.9. The third-order valence-electron chi connectivity index (χ3n) is 10.6. The number of methoxy groups -OCH3 is 1. The molecule has 8 atom stereocenters. The van der Waals surface area contributed by atoms with E-state index in [0.29, 0.717) is 11.1 Å². The number of fused-ring (bicyclic) bond motifs is 5. The summed E-state index contributed by atoms with van der Waals surface area (Å²) in [4.78, 5) is 62.8. The molecule has 0 aliphatic heterocycles. The summed E-state index contributed by atoms with van der Waals surface area (Å²) >= 11 is 0. The first-order chi connectivity index (χ1) is 21.8. The van der Waals surface area contributed by atoms with Crippen molar-refractivity contribution in [3.05, 3.63) is 47.1 Å². The molecule has 0 aromatic heterocycles. The van der Waals surface area contributed by atoms with E-state index in [-0.39, 0.29) is 36.5 Å². The number of benzene rings is 1. The molecule has 12 heteroatoms. The number of aliphatic hydroxyl groups is 2. The van der Waals surface area contributed by atoms with E-state index in [1.165, 1.54) is 33.9 Å². The lowest BCUT2D eigenvalue weighted by atomic mass is 9.59. The van der Waals surface area contributed by atoms with Crippen LogP contribution in [0.1, 0.15) is 60.5 Å². The van der Waals surface area contributed by atoms with E-state index in [2.05, 4.69) is 0 Å². The molecule has 0 saturated heterocycles. The molecule has 0 amide bonds. The van der Waals surface area contributed by atoms with Crippen molar-refractivity contribution in [2.75, 3.05) is 13.7 Å². The van der Waals surface area contributed by atoms with Crippen LogP contribution in [0.3, 0.4) is 0 Å². The Morgan fingerprint density at radius 2 is 1.66 bits per heavy atom. The highest BCUT2D eigenvalue weighted by Gasteiger charge is 2.87. The number of hydrogen-bond donors (Lipinski definition) is 2. The molecule has 0 heterocycles. The highest BCUT2D eigenvalue weighted by Crippen LogP contribution is 2.77. The molecular weight excluding hydrogens is 612 g/mol. The van der Waals surface area contributed by atoms with Crippen molar-refractivity contribution in [1.82, 2.24) is 0 Å². The smallest absolute Gasteiger partial charge is 0.310 e. The molecule has 47 heavy (non-hydrogen) atoms. The maximum absolute atomic E-state index is 13.5. The molecule has 0 bridgehead atoms. The van der Waals surface area contributed by atoms with Crippen LogP contribution in [0.2, 0.25) is 0 Å². The lowest BCUT2D eigenvalue weighted by Gasteiger charge is -2.53. The minimum atomic E-state index is -2.07. The standard InChI is InChI=1S/C35H42O12/c1-17-11-27-33(41,30(17)40)15-23(16-44-28(39)14-22-9-10-25(45-19(3)36)26(13-22)43-8)12-24-29-32(6,7)35(29,47-21(5)38)31(46-20(4)37)18(2)34(24,27)42/h9-13,18,24,27,29,31,41-42H,14-16H2,1-8H3/t18-,24+,27-,29-,31-,33-,34-,35-/m1/s1. The average Bonchev–Trinajstić information content (AvgIpc) is 3.39. The van der Waals surface area contributed by atoms with Gasteiger partial charge in [0.2, 0.25) is 0 Å². The highest BCUT2D eigenvalue weighted by molar-refractivity contribution is 6.05. The predicted octanol–water partition coefficient (Wildman–Crippen LogP) is 2.80. The molecule has 4 aliphatic carbocycles. The maximum Gasteiger partial charge on any atom is 0.310 e. The Balaban J connectivity index is 1.50. The third-order valence-corrected chi connectivity index (χ3v) is 10.6. The SMILES string of the molecule is COc1cc(CC(=O)OCC2=C[C@H]3[C@@H]4C(C)(C)[C@]4(OC(C)=O)[C@H](OC(C)=O)[C@@H](C)[C@]3(O)[C@@H]3C=C(C)C(=O)[C@@]3(O)C2)ccc1OC(C)=O. The van der Waals surface area contributed by atoms with Crippen LogP contribution in [0.15, 0.2) is 41.5 Å². The minimum Gasteiger partial charge on any atom is -0.493 e. The Labute approximate surface area is 273 Å². The molecule has 0 radical (unpaired) electrons. The van der Waals surface area contributed by atoms with Gasteiger partial charge < -0.3 is 33.9 Å². The number of rotatable bonds is 8. The highest BCUT2D eigenvalue weighted by atomic mass is 16.6. The van der Waals surface area contributed by atoms with Crippen LogP contribution in [0, 0.1) is 29.1 Å². The second-order valence-corrected chi connectivity index (χ2v) is 13.8. The summed E-state index contributed by atoms with van der Waals surface area (Å²) in [5, 5.41) is 24.9. The molecule has 5 rings (SSSR count). The van der Waals surface area contributed by atoms with Crippen molar-refractivity contribution < 1.29 is 57.9 Å². The summed E-state index contributed by atoms with van der Waals surface area (Å²) in [6.07, 6.45) is 1.85. The minimum absolute atomic E-state index is 0.157. The van der Waals surface area contributed by atoms with E-state index >= 15 is 0 Å². The van der Waals surface area contributed by atoms with Crippen molar-refractivity contribution in [3.8, 4) is 11.5 Å². The Bertz CT molecular complexity index is 1600. The van der Waals surface area contributed by atoms with Crippen LogP contribution in [0.5, 0.6) is 11.5 Å². The van der Waals surface area contributed by atoms with Crippen LogP contribution >= 0.6 is 0 Å². The molecule has 12 nitrogen and oxygen atoms in total. The largest absolute Gasteiger partial charge is 0.493 e. The predicted molar refractivity (Wildman–Crippen MR) is 164 cm³/mol. The Kier molecular flexibility index (Phi) is 8.46. The van der Waals surface area contributed by atoms with E-state index in [1.54, 1.807) is 38.1 Å². The topological polar surface area (TPSA) is 172 Å². The van der Waals surface area contributed by atoms with Gasteiger partial charge in [0.1, 0.15) is 18.3 Å². The number of esters is 4. The first-order valence-electron chi connectivity index (χ1n) is 15.6. The van der Waals surface area contributed by atoms with Crippen molar-refractivity contribution in [2.24, 2.45) is 29.1 Å². The van der Waals surface area contributed by atoms with Crippen molar-refractivity contribution in [1.29, 1.82) is 0 Å². The molecule has 1 aromatic rings. The van der Waals surface area contributed by atoms with Crippen molar-refractivity contribution in [3.63, 3.8) is 0 Å². The van der Waals surface area contributed by atoms with Gasteiger partial charge in [0.15, 0.2) is 22.9 Å². The van der Waals surface area contributed by atoms with Gasteiger partial charge in [-0.15, -0.1) is 0 Å². The lowest BCUT2D eigenvalue weighted by molar-refractivity contribution is -0.227. The second-order valence-electron chi connectivity index (χ2n) is 13.8. The van der Waals surface area contributed by atoms with E-state index in [9.17, 15) is 34.2 Å². The summed E-state index contributed by atoms with van der Waals surface area (Å²) in [7, 11) is 1.40. The van der Waals surface area contributed by atoms with Gasteiger partial charge in [-0.05, 0) is 35.8 Å². The monoisotopic (exact) mass is 654 g/mol.